The molecule has 9 heteroatoms. The van der Waals surface area contributed by atoms with Crippen LogP contribution in [0.15, 0.2) is 23.2 Å². The first kappa shape index (κ1) is 22.4. The second-order valence-electron chi connectivity index (χ2n) is 5.73. The number of halogens is 3. The minimum Gasteiger partial charge on any atom is -0.469 e. The van der Waals surface area contributed by atoms with Gasteiger partial charge in [-0.05, 0) is 25.5 Å². The number of rotatable bonds is 6. The minimum atomic E-state index is -0.556. The lowest BCUT2D eigenvalue weighted by atomic mass is 10.2. The molecule has 0 amide bonds. The van der Waals surface area contributed by atoms with Crippen molar-refractivity contribution in [3.63, 3.8) is 0 Å². The highest BCUT2D eigenvalue weighted by molar-refractivity contribution is 14.0. The van der Waals surface area contributed by atoms with E-state index in [4.69, 9.17) is 0 Å². The molecule has 0 spiro atoms. The summed E-state index contributed by atoms with van der Waals surface area (Å²) in [5.41, 5.74) is 0.0134. The van der Waals surface area contributed by atoms with Gasteiger partial charge in [0.05, 0.1) is 20.1 Å². The molecule has 0 radical (unpaired) electrons. The zero-order valence-electron chi connectivity index (χ0n) is 14.9. The number of benzene rings is 1. The van der Waals surface area contributed by atoms with Gasteiger partial charge in [0.1, 0.15) is 17.3 Å². The summed E-state index contributed by atoms with van der Waals surface area (Å²) in [5, 5.41) is 6.35. The highest BCUT2D eigenvalue weighted by Crippen LogP contribution is 2.26. The number of hydrogen-bond donors (Lipinski definition) is 2. The number of esters is 1. The van der Waals surface area contributed by atoms with Gasteiger partial charge in [0.15, 0.2) is 5.96 Å². The third kappa shape index (κ3) is 6.26. The Labute approximate surface area is 169 Å². The average molecular weight is 482 g/mol. The summed E-state index contributed by atoms with van der Waals surface area (Å²) in [6.07, 6.45) is 0.930. The molecule has 0 aliphatic carbocycles. The monoisotopic (exact) mass is 482 g/mol. The van der Waals surface area contributed by atoms with Gasteiger partial charge in [0.25, 0.3) is 0 Å². The quantitative estimate of drug-likeness (QED) is 0.282. The molecule has 1 aromatic carbocycles. The summed E-state index contributed by atoms with van der Waals surface area (Å²) in [7, 11) is 1.34. The number of ether oxygens (including phenoxy) is 1. The van der Waals surface area contributed by atoms with Gasteiger partial charge < -0.3 is 20.3 Å². The lowest BCUT2D eigenvalue weighted by molar-refractivity contribution is -0.140. The number of guanidine groups is 1. The first-order valence-corrected chi connectivity index (χ1v) is 8.35. The Bertz CT molecular complexity index is 611. The van der Waals surface area contributed by atoms with Crippen LogP contribution in [0.25, 0.3) is 0 Å². The smallest absolute Gasteiger partial charge is 0.307 e. The fourth-order valence-electron chi connectivity index (χ4n) is 2.75. The molecule has 1 aliphatic rings. The van der Waals surface area contributed by atoms with Crippen molar-refractivity contribution in [3.8, 4) is 0 Å². The van der Waals surface area contributed by atoms with E-state index in [2.05, 4.69) is 20.4 Å². The number of methoxy groups -OCH3 is 1. The van der Waals surface area contributed by atoms with Crippen molar-refractivity contribution in [2.24, 2.45) is 4.99 Å². The maximum atomic E-state index is 13.9. The number of para-hydroxylation sites is 1. The van der Waals surface area contributed by atoms with Gasteiger partial charge in [-0.3, -0.25) is 9.79 Å². The summed E-state index contributed by atoms with van der Waals surface area (Å²) in [4.78, 5) is 17.2. The summed E-state index contributed by atoms with van der Waals surface area (Å²) in [5.74, 6) is -0.854. The van der Waals surface area contributed by atoms with Crippen molar-refractivity contribution in [1.29, 1.82) is 0 Å². The Morgan fingerprint density at radius 3 is 2.69 bits per heavy atom. The normalized spacial score (nSPS) is 16.8. The molecule has 2 rings (SSSR count). The number of nitrogens with zero attached hydrogens (tertiary/aromatic N) is 2. The van der Waals surface area contributed by atoms with Crippen LogP contribution in [0.4, 0.5) is 14.5 Å². The van der Waals surface area contributed by atoms with Crippen molar-refractivity contribution in [3.05, 3.63) is 29.8 Å². The van der Waals surface area contributed by atoms with Gasteiger partial charge in [0.2, 0.25) is 0 Å². The molecule has 1 atom stereocenters. The number of carbonyl (C=O) groups is 1. The summed E-state index contributed by atoms with van der Waals surface area (Å²) < 4.78 is 32.4. The van der Waals surface area contributed by atoms with Gasteiger partial charge in [-0.25, -0.2) is 8.78 Å². The fraction of sp³-hybridized carbons (Fsp3) is 0.529. The second-order valence-corrected chi connectivity index (χ2v) is 5.73. The standard InChI is InChI=1S/C17H24F2N4O2.HI/c1-3-20-17(21-9-7-15(24)25-2)22-12-8-10-23(11-12)16-13(18)5-4-6-14(16)19;/h4-6,12H,3,7-11H2,1-2H3,(H2,20,21,22);1H. The topological polar surface area (TPSA) is 66.0 Å². The molecule has 1 aliphatic heterocycles. The molecule has 1 saturated heterocycles. The lowest BCUT2D eigenvalue weighted by Gasteiger charge is -2.21. The van der Waals surface area contributed by atoms with Crippen LogP contribution < -0.4 is 15.5 Å². The van der Waals surface area contributed by atoms with Gasteiger partial charge in [-0.15, -0.1) is 24.0 Å². The van der Waals surface area contributed by atoms with E-state index in [1.54, 1.807) is 4.90 Å². The van der Waals surface area contributed by atoms with E-state index >= 15 is 0 Å². The first-order chi connectivity index (χ1) is 12.0. The maximum Gasteiger partial charge on any atom is 0.307 e. The first-order valence-electron chi connectivity index (χ1n) is 8.35. The molecule has 6 nitrogen and oxygen atoms in total. The van der Waals surface area contributed by atoms with Crippen LogP contribution in [0.3, 0.4) is 0 Å². The molecular formula is C17H25F2IN4O2. The fourth-order valence-corrected chi connectivity index (χ4v) is 2.75. The Hall–Kier alpha value is -1.65. The van der Waals surface area contributed by atoms with E-state index in [0.29, 0.717) is 32.1 Å². The molecule has 1 heterocycles. The second kappa shape index (κ2) is 11.1. The molecule has 2 N–H and O–H groups in total. The van der Waals surface area contributed by atoms with Crippen molar-refractivity contribution in [1.82, 2.24) is 10.6 Å². The van der Waals surface area contributed by atoms with Gasteiger partial charge >= 0.3 is 5.97 Å². The zero-order chi connectivity index (χ0) is 18.2. The number of anilines is 1. The zero-order valence-corrected chi connectivity index (χ0v) is 17.3. The van der Waals surface area contributed by atoms with E-state index in [1.165, 1.54) is 25.3 Å². The molecule has 0 aromatic heterocycles. The Morgan fingerprint density at radius 2 is 2.08 bits per heavy atom. The Morgan fingerprint density at radius 1 is 1.38 bits per heavy atom. The lowest BCUT2D eigenvalue weighted by Crippen LogP contribution is -2.44. The van der Waals surface area contributed by atoms with E-state index in [1.807, 2.05) is 6.92 Å². The third-order valence-electron chi connectivity index (χ3n) is 3.94. The molecule has 0 bridgehead atoms. The molecular weight excluding hydrogens is 457 g/mol. The Balaban J connectivity index is 0.00000338. The highest BCUT2D eigenvalue weighted by atomic mass is 127. The molecule has 1 unspecified atom stereocenters. The number of carbonyl (C=O) groups excluding carboxylic acids is 1. The molecule has 1 fully saturated rings. The van der Waals surface area contributed by atoms with Crippen LogP contribution >= 0.6 is 24.0 Å². The number of nitrogens with one attached hydrogen (secondary N) is 2. The van der Waals surface area contributed by atoms with Crippen molar-refractivity contribution < 1.29 is 18.3 Å². The third-order valence-corrected chi connectivity index (χ3v) is 3.94. The van der Waals surface area contributed by atoms with Crippen LogP contribution in [0, 0.1) is 11.6 Å². The summed E-state index contributed by atoms with van der Waals surface area (Å²) in [6.45, 7) is 3.94. The van der Waals surface area contributed by atoms with Crippen LogP contribution in [-0.4, -0.2) is 51.3 Å². The van der Waals surface area contributed by atoms with E-state index in [9.17, 15) is 13.6 Å². The maximum absolute atomic E-state index is 13.9. The minimum absolute atomic E-state index is 0. The molecule has 146 valence electrons. The summed E-state index contributed by atoms with van der Waals surface area (Å²) >= 11 is 0. The predicted octanol–water partition coefficient (Wildman–Crippen LogP) is 2.28. The van der Waals surface area contributed by atoms with Gasteiger partial charge in [0, 0.05) is 25.7 Å². The SMILES string of the molecule is CCNC(=NCCC(=O)OC)NC1CCN(c2c(F)cccc2F)C1.I. The van der Waals surface area contributed by atoms with E-state index in [-0.39, 0.29) is 48.1 Å². The van der Waals surface area contributed by atoms with Gasteiger partial charge in [-0.2, -0.15) is 0 Å². The van der Waals surface area contributed by atoms with Crippen molar-refractivity contribution in [2.75, 3.05) is 38.2 Å². The van der Waals surface area contributed by atoms with Gasteiger partial charge in [-0.1, -0.05) is 6.07 Å². The van der Waals surface area contributed by atoms with Crippen LogP contribution in [0.1, 0.15) is 19.8 Å². The van der Waals surface area contributed by atoms with Crippen molar-refractivity contribution >= 4 is 41.6 Å². The number of aliphatic imine (C=N–C) groups is 1. The van der Waals surface area contributed by atoms with E-state index < -0.39 is 11.6 Å². The van der Waals surface area contributed by atoms with Crippen LogP contribution in [0.2, 0.25) is 0 Å². The Kier molecular flexibility index (Phi) is 9.60. The molecule has 1 aromatic rings. The van der Waals surface area contributed by atoms with E-state index in [0.717, 1.165) is 6.42 Å². The van der Waals surface area contributed by atoms with Crippen LogP contribution in [0.5, 0.6) is 0 Å². The highest BCUT2D eigenvalue weighted by Gasteiger charge is 2.27. The predicted molar refractivity (Wildman–Crippen MR) is 108 cm³/mol. The summed E-state index contributed by atoms with van der Waals surface area (Å²) in [6, 6.07) is 3.89. The molecule has 26 heavy (non-hydrogen) atoms. The average Bonchev–Trinajstić information content (AvgIpc) is 3.02. The van der Waals surface area contributed by atoms with Crippen LogP contribution in [-0.2, 0) is 9.53 Å². The molecule has 0 saturated carbocycles. The largest absolute Gasteiger partial charge is 0.469 e. The van der Waals surface area contributed by atoms with Crippen molar-refractivity contribution in [2.45, 2.75) is 25.8 Å². The number of hydrogen-bond acceptors (Lipinski definition) is 4.